The van der Waals surface area contributed by atoms with E-state index in [-0.39, 0.29) is 29.5 Å². The van der Waals surface area contributed by atoms with Crippen LogP contribution in [0.5, 0.6) is 0 Å². The molecular formula is C12H14ClN3O4. The molecule has 1 aliphatic heterocycles. The smallest absolute Gasteiger partial charge is 0.329 e. The van der Waals surface area contributed by atoms with Crippen LogP contribution in [0.15, 0.2) is 12.4 Å². The fourth-order valence-electron chi connectivity index (χ4n) is 2.00. The van der Waals surface area contributed by atoms with Crippen LogP contribution in [0.1, 0.15) is 23.3 Å². The van der Waals surface area contributed by atoms with Crippen LogP contribution in [-0.4, -0.2) is 57.7 Å². The highest BCUT2D eigenvalue weighted by molar-refractivity contribution is 6.29. The Balaban J connectivity index is 1.85. The monoisotopic (exact) mass is 299 g/mol. The summed E-state index contributed by atoms with van der Waals surface area (Å²) in [6.45, 7) is 0.710. The quantitative estimate of drug-likeness (QED) is 0.885. The molecule has 1 fully saturated rings. The van der Waals surface area contributed by atoms with E-state index >= 15 is 0 Å². The van der Waals surface area contributed by atoms with Gasteiger partial charge in [-0.25, -0.2) is 14.8 Å². The number of carboxylic acids is 1. The van der Waals surface area contributed by atoms with Crippen LogP contribution in [0, 0.1) is 0 Å². The Morgan fingerprint density at radius 3 is 2.60 bits per heavy atom. The van der Waals surface area contributed by atoms with Gasteiger partial charge in [0.1, 0.15) is 17.5 Å². The molecule has 20 heavy (non-hydrogen) atoms. The van der Waals surface area contributed by atoms with Gasteiger partial charge in [0.05, 0.1) is 18.5 Å². The Morgan fingerprint density at radius 2 is 2.05 bits per heavy atom. The van der Waals surface area contributed by atoms with E-state index in [9.17, 15) is 9.59 Å². The molecule has 1 aromatic rings. The van der Waals surface area contributed by atoms with Gasteiger partial charge in [0.2, 0.25) is 0 Å². The van der Waals surface area contributed by atoms with Crippen LogP contribution < -0.4 is 0 Å². The number of carbonyl (C=O) groups is 2. The fraction of sp³-hybridized carbons (Fsp3) is 0.500. The molecule has 1 aromatic heterocycles. The van der Waals surface area contributed by atoms with E-state index in [1.807, 2.05) is 0 Å². The van der Waals surface area contributed by atoms with Crippen molar-refractivity contribution in [1.29, 1.82) is 0 Å². The zero-order valence-corrected chi connectivity index (χ0v) is 11.4. The first-order valence-electron chi connectivity index (χ1n) is 6.16. The second kappa shape index (κ2) is 6.62. The third kappa shape index (κ3) is 3.88. The Hall–Kier alpha value is -1.73. The molecule has 0 radical (unpaired) electrons. The highest BCUT2D eigenvalue weighted by Crippen LogP contribution is 2.15. The number of ether oxygens (including phenoxy) is 1. The van der Waals surface area contributed by atoms with Crippen LogP contribution in [0.3, 0.4) is 0 Å². The molecule has 1 N–H and O–H groups in total. The average molecular weight is 300 g/mol. The van der Waals surface area contributed by atoms with E-state index in [0.29, 0.717) is 25.9 Å². The minimum atomic E-state index is -0.986. The Bertz CT molecular complexity index is 486. The summed E-state index contributed by atoms with van der Waals surface area (Å²) in [7, 11) is 0. The summed E-state index contributed by atoms with van der Waals surface area (Å²) in [5.74, 6) is -1.19. The van der Waals surface area contributed by atoms with Crippen molar-refractivity contribution in [2.75, 3.05) is 19.7 Å². The fourth-order valence-corrected chi connectivity index (χ4v) is 2.10. The Morgan fingerprint density at radius 1 is 1.35 bits per heavy atom. The number of likely N-dealkylation sites (tertiary alicyclic amines) is 1. The molecule has 0 aliphatic carbocycles. The predicted octanol–water partition coefficient (Wildman–Crippen LogP) is 0.836. The third-order valence-electron chi connectivity index (χ3n) is 3.01. The van der Waals surface area contributed by atoms with Crippen LogP contribution >= 0.6 is 11.6 Å². The van der Waals surface area contributed by atoms with E-state index in [2.05, 4.69) is 9.97 Å². The zero-order chi connectivity index (χ0) is 14.5. The highest BCUT2D eigenvalue weighted by atomic mass is 35.5. The van der Waals surface area contributed by atoms with Gasteiger partial charge in [-0.05, 0) is 12.8 Å². The molecule has 0 bridgehead atoms. The summed E-state index contributed by atoms with van der Waals surface area (Å²) in [5.41, 5.74) is 0.249. The molecule has 2 rings (SSSR count). The summed E-state index contributed by atoms with van der Waals surface area (Å²) < 4.78 is 5.21. The number of aromatic nitrogens is 2. The number of piperidine rings is 1. The summed E-state index contributed by atoms with van der Waals surface area (Å²) in [5, 5.41) is 8.78. The molecule has 2 heterocycles. The van der Waals surface area contributed by atoms with Crippen LogP contribution in [0.2, 0.25) is 5.15 Å². The molecule has 0 spiro atoms. The third-order valence-corrected chi connectivity index (χ3v) is 3.21. The lowest BCUT2D eigenvalue weighted by molar-refractivity contribution is -0.145. The van der Waals surface area contributed by atoms with Gasteiger partial charge in [-0.3, -0.25) is 4.79 Å². The van der Waals surface area contributed by atoms with Gasteiger partial charge in [-0.15, -0.1) is 0 Å². The second-order valence-corrected chi connectivity index (χ2v) is 4.81. The first-order valence-corrected chi connectivity index (χ1v) is 6.54. The van der Waals surface area contributed by atoms with Crippen LogP contribution in [0.25, 0.3) is 0 Å². The van der Waals surface area contributed by atoms with Crippen molar-refractivity contribution >= 4 is 23.5 Å². The number of amides is 1. The molecule has 0 unspecified atom stereocenters. The number of hydrogen-bond acceptors (Lipinski definition) is 5. The average Bonchev–Trinajstić information content (AvgIpc) is 2.46. The van der Waals surface area contributed by atoms with Crippen molar-refractivity contribution in [3.8, 4) is 0 Å². The standard InChI is InChI=1S/C12H14ClN3O4/c13-10-6-14-9(5-15-10)12(19)16-3-1-8(2-4-16)20-7-11(17)18/h5-6,8H,1-4,7H2,(H,17,18). The van der Waals surface area contributed by atoms with E-state index in [1.165, 1.54) is 12.4 Å². The van der Waals surface area contributed by atoms with Gasteiger partial charge < -0.3 is 14.7 Å². The number of halogens is 1. The van der Waals surface area contributed by atoms with Gasteiger partial charge in [-0.1, -0.05) is 11.6 Å². The van der Waals surface area contributed by atoms with E-state index < -0.39 is 5.97 Å². The van der Waals surface area contributed by atoms with E-state index in [1.54, 1.807) is 4.90 Å². The van der Waals surface area contributed by atoms with Gasteiger partial charge >= 0.3 is 5.97 Å². The second-order valence-electron chi connectivity index (χ2n) is 4.42. The van der Waals surface area contributed by atoms with Crippen molar-refractivity contribution in [1.82, 2.24) is 14.9 Å². The predicted molar refractivity (Wildman–Crippen MR) is 69.6 cm³/mol. The van der Waals surface area contributed by atoms with Crippen molar-refractivity contribution < 1.29 is 19.4 Å². The topological polar surface area (TPSA) is 92.6 Å². The van der Waals surface area contributed by atoms with Crippen LogP contribution in [0.4, 0.5) is 0 Å². The summed E-state index contributed by atoms with van der Waals surface area (Å²) in [6, 6.07) is 0. The lowest BCUT2D eigenvalue weighted by atomic mass is 10.1. The summed E-state index contributed by atoms with van der Waals surface area (Å²) in [4.78, 5) is 32.0. The van der Waals surface area contributed by atoms with Gasteiger partial charge in [-0.2, -0.15) is 0 Å². The van der Waals surface area contributed by atoms with E-state index in [4.69, 9.17) is 21.4 Å². The van der Waals surface area contributed by atoms with Gasteiger partial charge in [0.25, 0.3) is 5.91 Å². The molecule has 1 saturated heterocycles. The maximum absolute atomic E-state index is 12.1. The molecule has 108 valence electrons. The molecule has 0 aromatic carbocycles. The number of hydrogen-bond donors (Lipinski definition) is 1. The van der Waals surface area contributed by atoms with Gasteiger partial charge in [0, 0.05) is 13.1 Å². The number of aliphatic carboxylic acids is 1. The number of carboxylic acid groups (broad SMARTS) is 1. The van der Waals surface area contributed by atoms with Gasteiger partial charge in [0.15, 0.2) is 0 Å². The van der Waals surface area contributed by atoms with E-state index in [0.717, 1.165) is 0 Å². The summed E-state index contributed by atoms with van der Waals surface area (Å²) >= 11 is 5.62. The van der Waals surface area contributed by atoms with Crippen molar-refractivity contribution in [3.63, 3.8) is 0 Å². The molecule has 7 nitrogen and oxygen atoms in total. The molecule has 1 amide bonds. The Kier molecular flexibility index (Phi) is 4.86. The molecule has 1 aliphatic rings. The lowest BCUT2D eigenvalue weighted by Gasteiger charge is -2.31. The van der Waals surface area contributed by atoms with Crippen LogP contribution in [-0.2, 0) is 9.53 Å². The minimum absolute atomic E-state index is 0.119. The SMILES string of the molecule is O=C(O)COC1CCN(C(=O)c2cnc(Cl)cn2)CC1. The lowest BCUT2D eigenvalue weighted by Crippen LogP contribution is -2.41. The first kappa shape index (κ1) is 14.7. The largest absolute Gasteiger partial charge is 0.480 e. The summed E-state index contributed by atoms with van der Waals surface area (Å²) in [6.07, 6.45) is 3.78. The Labute approximate surface area is 120 Å². The molecular weight excluding hydrogens is 286 g/mol. The normalized spacial score (nSPS) is 16.1. The number of nitrogens with zero attached hydrogens (tertiary/aromatic N) is 3. The molecule has 0 saturated carbocycles. The van der Waals surface area contributed by atoms with Crippen molar-refractivity contribution in [2.45, 2.75) is 18.9 Å². The number of carbonyl (C=O) groups excluding carboxylic acids is 1. The maximum atomic E-state index is 12.1. The van der Waals surface area contributed by atoms with Crippen molar-refractivity contribution in [3.05, 3.63) is 23.2 Å². The zero-order valence-electron chi connectivity index (χ0n) is 10.7. The number of rotatable bonds is 4. The highest BCUT2D eigenvalue weighted by Gasteiger charge is 2.25. The molecule has 8 heteroatoms. The first-order chi connectivity index (χ1) is 9.56. The molecule has 0 atom stereocenters. The van der Waals surface area contributed by atoms with Crippen molar-refractivity contribution in [2.24, 2.45) is 0 Å². The maximum Gasteiger partial charge on any atom is 0.329 e. The minimum Gasteiger partial charge on any atom is -0.480 e.